The summed E-state index contributed by atoms with van der Waals surface area (Å²) < 4.78 is 28.2. The molecule has 3 aromatic carbocycles. The van der Waals surface area contributed by atoms with E-state index in [0.29, 0.717) is 5.02 Å². The molecular formula is C26H28ClN3O4S. The van der Waals surface area contributed by atoms with E-state index < -0.39 is 28.5 Å². The number of aryl methyl sites for hydroxylation is 1. The fourth-order valence-electron chi connectivity index (χ4n) is 3.56. The van der Waals surface area contributed by atoms with Gasteiger partial charge in [-0.05, 0) is 49.7 Å². The standard InChI is InChI=1S/C26H28ClN3O4S/c1-19-12-14-21(15-13-19)17-29(20(2)26(32)28-3)25(31)18-30(23-9-7-8-22(27)16-23)35(33,34)24-10-5-4-6-11-24/h4-16,20H,17-18H2,1-3H3,(H,28,32)/t20-/m0/s1. The molecule has 7 nitrogen and oxygen atoms in total. The van der Waals surface area contributed by atoms with E-state index in [1.54, 1.807) is 43.3 Å². The number of carbonyl (C=O) groups is 2. The lowest BCUT2D eigenvalue weighted by atomic mass is 10.1. The van der Waals surface area contributed by atoms with Crippen LogP contribution in [0.3, 0.4) is 0 Å². The van der Waals surface area contributed by atoms with E-state index in [0.717, 1.165) is 15.4 Å². The van der Waals surface area contributed by atoms with Crippen molar-refractivity contribution in [2.75, 3.05) is 17.9 Å². The van der Waals surface area contributed by atoms with Crippen molar-refractivity contribution in [3.05, 3.63) is 95.0 Å². The Labute approximate surface area is 211 Å². The van der Waals surface area contributed by atoms with Crippen LogP contribution in [0.5, 0.6) is 0 Å². The second-order valence-corrected chi connectivity index (χ2v) is 10.4. The molecule has 1 atom stereocenters. The number of nitrogens with one attached hydrogen (secondary N) is 1. The molecule has 0 bridgehead atoms. The van der Waals surface area contributed by atoms with Gasteiger partial charge in [0.05, 0.1) is 10.6 Å². The van der Waals surface area contributed by atoms with E-state index in [1.165, 1.54) is 30.1 Å². The molecule has 0 aliphatic heterocycles. The lowest BCUT2D eigenvalue weighted by Crippen LogP contribution is -2.50. The quantitative estimate of drug-likeness (QED) is 0.468. The van der Waals surface area contributed by atoms with Gasteiger partial charge in [-0.1, -0.05) is 65.7 Å². The van der Waals surface area contributed by atoms with Crippen molar-refractivity contribution in [3.8, 4) is 0 Å². The number of likely N-dealkylation sites (N-methyl/N-ethyl adjacent to an activating group) is 1. The lowest BCUT2D eigenvalue weighted by Gasteiger charge is -2.31. The van der Waals surface area contributed by atoms with Crippen molar-refractivity contribution >= 4 is 39.1 Å². The summed E-state index contributed by atoms with van der Waals surface area (Å²) in [6, 6.07) is 20.9. The Balaban J connectivity index is 2.01. The van der Waals surface area contributed by atoms with E-state index in [9.17, 15) is 18.0 Å². The Hall–Kier alpha value is -3.36. The van der Waals surface area contributed by atoms with Gasteiger partial charge in [-0.15, -0.1) is 0 Å². The van der Waals surface area contributed by atoms with Crippen molar-refractivity contribution in [1.82, 2.24) is 10.2 Å². The van der Waals surface area contributed by atoms with Gasteiger partial charge in [0.2, 0.25) is 11.8 Å². The number of halogens is 1. The molecule has 0 saturated heterocycles. The molecule has 0 aliphatic carbocycles. The van der Waals surface area contributed by atoms with Crippen molar-refractivity contribution < 1.29 is 18.0 Å². The van der Waals surface area contributed by atoms with Crippen molar-refractivity contribution in [2.45, 2.75) is 31.3 Å². The summed E-state index contributed by atoms with van der Waals surface area (Å²) in [6.07, 6.45) is 0. The molecule has 3 aromatic rings. The average molecular weight is 514 g/mol. The third kappa shape index (κ3) is 6.41. The van der Waals surface area contributed by atoms with Crippen molar-refractivity contribution in [3.63, 3.8) is 0 Å². The first-order valence-corrected chi connectivity index (χ1v) is 12.8. The van der Waals surface area contributed by atoms with Crippen LogP contribution in [-0.4, -0.2) is 44.8 Å². The Morgan fingerprint density at radius 3 is 2.23 bits per heavy atom. The maximum atomic E-state index is 13.6. The molecule has 35 heavy (non-hydrogen) atoms. The summed E-state index contributed by atoms with van der Waals surface area (Å²) in [4.78, 5) is 27.5. The van der Waals surface area contributed by atoms with Crippen LogP contribution in [-0.2, 0) is 26.2 Å². The van der Waals surface area contributed by atoms with E-state index in [4.69, 9.17) is 11.6 Å². The summed E-state index contributed by atoms with van der Waals surface area (Å²) in [6.45, 7) is 3.20. The van der Waals surface area contributed by atoms with Crippen LogP contribution in [0.25, 0.3) is 0 Å². The number of sulfonamides is 1. The Kier molecular flexibility index (Phi) is 8.53. The van der Waals surface area contributed by atoms with Crippen LogP contribution in [0, 0.1) is 6.92 Å². The predicted molar refractivity (Wildman–Crippen MR) is 138 cm³/mol. The number of anilines is 1. The van der Waals surface area contributed by atoms with E-state index in [1.807, 2.05) is 31.2 Å². The van der Waals surface area contributed by atoms with Crippen LogP contribution < -0.4 is 9.62 Å². The van der Waals surface area contributed by atoms with Crippen LogP contribution in [0.1, 0.15) is 18.1 Å². The molecule has 0 saturated carbocycles. The number of nitrogens with zero attached hydrogens (tertiary/aromatic N) is 2. The normalized spacial score (nSPS) is 12.0. The van der Waals surface area contributed by atoms with Gasteiger partial charge in [-0.3, -0.25) is 13.9 Å². The van der Waals surface area contributed by atoms with Crippen LogP contribution in [0.2, 0.25) is 5.02 Å². The number of rotatable bonds is 9. The third-order valence-corrected chi connectivity index (χ3v) is 7.62. The van der Waals surface area contributed by atoms with Crippen LogP contribution in [0.4, 0.5) is 5.69 Å². The first-order chi connectivity index (χ1) is 16.6. The number of carbonyl (C=O) groups excluding carboxylic acids is 2. The predicted octanol–water partition coefficient (Wildman–Crippen LogP) is 4.01. The molecule has 0 aromatic heterocycles. The summed E-state index contributed by atoms with van der Waals surface area (Å²) in [5.41, 5.74) is 2.13. The zero-order chi connectivity index (χ0) is 25.6. The highest BCUT2D eigenvalue weighted by atomic mass is 35.5. The second kappa shape index (κ2) is 11.4. The third-order valence-electron chi connectivity index (χ3n) is 5.59. The molecule has 184 valence electrons. The van der Waals surface area contributed by atoms with Gasteiger partial charge in [-0.2, -0.15) is 0 Å². The Bertz CT molecular complexity index is 1280. The summed E-state index contributed by atoms with van der Waals surface area (Å²) in [5, 5.41) is 2.89. The molecule has 0 fully saturated rings. The molecule has 0 unspecified atom stereocenters. The highest BCUT2D eigenvalue weighted by Gasteiger charge is 2.32. The minimum absolute atomic E-state index is 0.0391. The fourth-order valence-corrected chi connectivity index (χ4v) is 5.17. The molecule has 9 heteroatoms. The zero-order valence-corrected chi connectivity index (χ0v) is 21.4. The zero-order valence-electron chi connectivity index (χ0n) is 19.8. The topological polar surface area (TPSA) is 86.8 Å². The maximum absolute atomic E-state index is 13.6. The highest BCUT2D eigenvalue weighted by molar-refractivity contribution is 7.92. The molecule has 2 amide bonds. The lowest BCUT2D eigenvalue weighted by molar-refractivity contribution is -0.139. The summed E-state index contributed by atoms with van der Waals surface area (Å²) >= 11 is 6.15. The van der Waals surface area contributed by atoms with Gasteiger partial charge in [0, 0.05) is 18.6 Å². The van der Waals surface area contributed by atoms with Crippen LogP contribution >= 0.6 is 11.6 Å². The number of benzene rings is 3. The largest absolute Gasteiger partial charge is 0.357 e. The SMILES string of the molecule is CNC(=O)[C@H](C)N(Cc1ccc(C)cc1)C(=O)CN(c1cccc(Cl)c1)S(=O)(=O)c1ccccc1. The first-order valence-electron chi connectivity index (χ1n) is 11.0. The van der Waals surface area contributed by atoms with E-state index in [-0.39, 0.29) is 23.0 Å². The maximum Gasteiger partial charge on any atom is 0.264 e. The van der Waals surface area contributed by atoms with Gasteiger partial charge in [0.1, 0.15) is 12.6 Å². The molecule has 0 spiro atoms. The number of hydrogen-bond donors (Lipinski definition) is 1. The highest BCUT2D eigenvalue weighted by Crippen LogP contribution is 2.26. The number of amides is 2. The Morgan fingerprint density at radius 2 is 1.63 bits per heavy atom. The molecule has 0 heterocycles. The molecule has 0 radical (unpaired) electrons. The van der Waals surface area contributed by atoms with E-state index >= 15 is 0 Å². The first kappa shape index (κ1) is 26.2. The van der Waals surface area contributed by atoms with Crippen LogP contribution in [0.15, 0.2) is 83.8 Å². The monoisotopic (exact) mass is 513 g/mol. The summed E-state index contributed by atoms with van der Waals surface area (Å²) in [5.74, 6) is -0.883. The minimum atomic E-state index is -4.10. The smallest absolute Gasteiger partial charge is 0.264 e. The minimum Gasteiger partial charge on any atom is -0.357 e. The van der Waals surface area contributed by atoms with E-state index in [2.05, 4.69) is 5.32 Å². The van der Waals surface area contributed by atoms with Gasteiger partial charge in [-0.25, -0.2) is 8.42 Å². The second-order valence-electron chi connectivity index (χ2n) is 8.10. The molecule has 3 rings (SSSR count). The Morgan fingerprint density at radius 1 is 0.971 bits per heavy atom. The van der Waals surface area contributed by atoms with Gasteiger partial charge >= 0.3 is 0 Å². The van der Waals surface area contributed by atoms with Gasteiger partial charge < -0.3 is 10.2 Å². The van der Waals surface area contributed by atoms with Crippen molar-refractivity contribution in [2.24, 2.45) is 0 Å². The molecule has 0 aliphatic rings. The number of hydrogen-bond acceptors (Lipinski definition) is 4. The van der Waals surface area contributed by atoms with Gasteiger partial charge in [0.15, 0.2) is 0 Å². The molecular weight excluding hydrogens is 486 g/mol. The van der Waals surface area contributed by atoms with Crippen molar-refractivity contribution in [1.29, 1.82) is 0 Å². The summed E-state index contributed by atoms with van der Waals surface area (Å²) in [7, 11) is -2.61. The average Bonchev–Trinajstić information content (AvgIpc) is 2.86. The molecule has 1 N–H and O–H groups in total. The fraction of sp³-hybridized carbons (Fsp3) is 0.231. The van der Waals surface area contributed by atoms with Gasteiger partial charge in [0.25, 0.3) is 10.0 Å².